The fourth-order valence-corrected chi connectivity index (χ4v) is 4.38. The molecule has 0 radical (unpaired) electrons. The van der Waals surface area contributed by atoms with Crippen molar-refractivity contribution >= 4 is 17.6 Å². The summed E-state index contributed by atoms with van der Waals surface area (Å²) < 4.78 is 6.79. The third-order valence-corrected chi connectivity index (χ3v) is 5.87. The molecule has 2 aromatic rings. The van der Waals surface area contributed by atoms with Crippen LogP contribution in [0, 0.1) is 12.3 Å². The average Bonchev–Trinajstić information content (AvgIpc) is 3.11. The van der Waals surface area contributed by atoms with E-state index >= 15 is 0 Å². The van der Waals surface area contributed by atoms with Crippen LogP contribution in [-0.4, -0.2) is 81.1 Å². The third-order valence-electron chi connectivity index (χ3n) is 5.87. The zero-order valence-corrected chi connectivity index (χ0v) is 16.4. The molecule has 150 valence electrons. The van der Waals surface area contributed by atoms with Gasteiger partial charge in [0.2, 0.25) is 11.7 Å². The maximum absolute atomic E-state index is 13.2. The van der Waals surface area contributed by atoms with Gasteiger partial charge in [-0.2, -0.15) is 0 Å². The molecule has 2 aliphatic heterocycles. The van der Waals surface area contributed by atoms with E-state index in [4.69, 9.17) is 4.74 Å². The van der Waals surface area contributed by atoms with Gasteiger partial charge >= 0.3 is 0 Å². The normalized spacial score (nSPS) is 23.0. The number of hydrogen-bond donors (Lipinski definition) is 0. The summed E-state index contributed by atoms with van der Waals surface area (Å²) in [4.78, 5) is 33.5. The van der Waals surface area contributed by atoms with Gasteiger partial charge in [-0.15, -0.1) is 10.2 Å². The van der Waals surface area contributed by atoms with Crippen molar-refractivity contribution in [2.75, 3.05) is 39.9 Å². The number of hydrogen-bond acceptors (Lipinski definition) is 6. The summed E-state index contributed by atoms with van der Waals surface area (Å²) in [5.41, 5.74) is 0.782. The van der Waals surface area contributed by atoms with Crippen molar-refractivity contribution < 1.29 is 14.3 Å². The number of likely N-dealkylation sites (tertiary alicyclic amines) is 2. The highest BCUT2D eigenvalue weighted by atomic mass is 16.5. The summed E-state index contributed by atoms with van der Waals surface area (Å²) in [6, 6.07) is 1.84. The van der Waals surface area contributed by atoms with Crippen molar-refractivity contribution in [2.45, 2.75) is 32.6 Å². The summed E-state index contributed by atoms with van der Waals surface area (Å²) in [6.07, 6.45) is 5.08. The van der Waals surface area contributed by atoms with Crippen molar-refractivity contribution in [1.82, 2.24) is 29.4 Å². The summed E-state index contributed by atoms with van der Waals surface area (Å²) in [5.74, 6) is 0.778. The lowest BCUT2D eigenvalue weighted by atomic mass is 9.73. The molecule has 9 heteroatoms. The van der Waals surface area contributed by atoms with E-state index in [1.54, 1.807) is 17.7 Å². The smallest absolute Gasteiger partial charge is 0.292 e. The predicted molar refractivity (Wildman–Crippen MR) is 101 cm³/mol. The monoisotopic (exact) mass is 386 g/mol. The van der Waals surface area contributed by atoms with Crippen LogP contribution in [0.3, 0.4) is 0 Å². The molecule has 0 N–H and O–H groups in total. The molecule has 4 heterocycles. The van der Waals surface area contributed by atoms with Gasteiger partial charge in [-0.1, -0.05) is 0 Å². The van der Waals surface area contributed by atoms with Crippen LogP contribution in [0.15, 0.2) is 12.3 Å². The molecular formula is C19H26N6O3. The van der Waals surface area contributed by atoms with Crippen molar-refractivity contribution in [3.8, 4) is 0 Å². The largest absolute Gasteiger partial charge is 0.383 e. The molecule has 0 unspecified atom stereocenters. The lowest BCUT2D eigenvalue weighted by Gasteiger charge is -2.48. The van der Waals surface area contributed by atoms with Gasteiger partial charge in [0, 0.05) is 57.0 Å². The molecule has 0 saturated carbocycles. The van der Waals surface area contributed by atoms with Gasteiger partial charge in [0.1, 0.15) is 0 Å². The van der Waals surface area contributed by atoms with E-state index in [1.807, 2.05) is 22.8 Å². The van der Waals surface area contributed by atoms with Crippen molar-refractivity contribution in [3.05, 3.63) is 23.8 Å². The topological polar surface area (TPSA) is 92.9 Å². The second-order valence-corrected chi connectivity index (χ2v) is 7.90. The lowest BCUT2D eigenvalue weighted by molar-refractivity contribution is -0.139. The molecule has 0 aliphatic carbocycles. The first-order valence-electron chi connectivity index (χ1n) is 9.76. The number of rotatable bonds is 4. The Hall–Kier alpha value is -2.55. The predicted octanol–water partition coefficient (Wildman–Crippen LogP) is 0.924. The van der Waals surface area contributed by atoms with E-state index < -0.39 is 0 Å². The Morgan fingerprint density at radius 3 is 2.96 bits per heavy atom. The van der Waals surface area contributed by atoms with Crippen molar-refractivity contribution in [2.24, 2.45) is 5.41 Å². The highest BCUT2D eigenvalue weighted by Crippen LogP contribution is 2.39. The van der Waals surface area contributed by atoms with Crippen LogP contribution in [0.25, 0.3) is 5.78 Å². The van der Waals surface area contributed by atoms with E-state index in [9.17, 15) is 9.59 Å². The summed E-state index contributed by atoms with van der Waals surface area (Å²) in [5, 5.41) is 8.13. The number of ether oxygens (including phenoxy) is 1. The van der Waals surface area contributed by atoms with Crippen LogP contribution in [-0.2, 0) is 9.53 Å². The standard InChI is InChI=1S/C19H26N6O3/c1-14-5-9-25-16(21-22-18(25)20-14)17(27)24-8-3-6-19(13-24)7-4-15(26)23(12-19)10-11-28-2/h5,9H,3-4,6-8,10-13H2,1-2H3/t19-/m1/s1. The number of fused-ring (bicyclic) bond motifs is 1. The fourth-order valence-electron chi connectivity index (χ4n) is 4.38. The molecule has 2 aromatic heterocycles. The molecule has 2 saturated heterocycles. The van der Waals surface area contributed by atoms with E-state index in [0.717, 1.165) is 25.0 Å². The number of amides is 2. The molecule has 2 fully saturated rings. The number of aromatic nitrogens is 4. The number of carbonyl (C=O) groups is 2. The van der Waals surface area contributed by atoms with Gasteiger partial charge in [-0.05, 0) is 32.3 Å². The lowest BCUT2D eigenvalue weighted by Crippen LogP contribution is -2.55. The highest BCUT2D eigenvalue weighted by molar-refractivity contribution is 5.91. The maximum Gasteiger partial charge on any atom is 0.292 e. The Bertz CT molecular complexity index is 897. The molecule has 28 heavy (non-hydrogen) atoms. The van der Waals surface area contributed by atoms with Crippen LogP contribution in [0.5, 0.6) is 0 Å². The quantitative estimate of drug-likeness (QED) is 0.776. The van der Waals surface area contributed by atoms with Crippen molar-refractivity contribution in [1.29, 1.82) is 0 Å². The molecule has 0 aromatic carbocycles. The number of methoxy groups -OCH3 is 1. The van der Waals surface area contributed by atoms with Crippen LogP contribution < -0.4 is 0 Å². The Labute approximate surface area is 163 Å². The van der Waals surface area contributed by atoms with Crippen LogP contribution >= 0.6 is 0 Å². The SMILES string of the molecule is COCCN1C[C@@]2(CCCN(C(=O)c3nnc4nc(C)ccn34)C2)CCC1=O. The Kier molecular flexibility index (Phi) is 5.01. The summed E-state index contributed by atoms with van der Waals surface area (Å²) >= 11 is 0. The molecule has 2 aliphatic rings. The minimum absolute atomic E-state index is 0.0507. The Morgan fingerprint density at radius 1 is 1.29 bits per heavy atom. The van der Waals surface area contributed by atoms with E-state index in [1.165, 1.54) is 0 Å². The van der Waals surface area contributed by atoms with Gasteiger partial charge < -0.3 is 14.5 Å². The second-order valence-electron chi connectivity index (χ2n) is 7.90. The van der Waals surface area contributed by atoms with Crippen LogP contribution in [0.4, 0.5) is 0 Å². The average molecular weight is 386 g/mol. The van der Waals surface area contributed by atoms with Gasteiger partial charge in [-0.25, -0.2) is 4.98 Å². The van der Waals surface area contributed by atoms with Crippen molar-refractivity contribution in [3.63, 3.8) is 0 Å². The minimum atomic E-state index is -0.127. The van der Waals surface area contributed by atoms with Gasteiger partial charge in [0.05, 0.1) is 6.61 Å². The zero-order valence-electron chi connectivity index (χ0n) is 16.4. The minimum Gasteiger partial charge on any atom is -0.383 e. The summed E-state index contributed by atoms with van der Waals surface area (Å²) in [7, 11) is 1.64. The van der Waals surface area contributed by atoms with Crippen LogP contribution in [0.1, 0.15) is 42.0 Å². The zero-order chi connectivity index (χ0) is 19.7. The molecule has 1 spiro atoms. The van der Waals surface area contributed by atoms with Gasteiger partial charge in [0.25, 0.3) is 11.7 Å². The number of carbonyl (C=O) groups excluding carboxylic acids is 2. The fraction of sp³-hybridized carbons (Fsp3) is 0.632. The molecule has 0 bridgehead atoms. The van der Waals surface area contributed by atoms with E-state index in [2.05, 4.69) is 15.2 Å². The van der Waals surface area contributed by atoms with E-state index in [0.29, 0.717) is 50.8 Å². The maximum atomic E-state index is 13.2. The number of nitrogens with zero attached hydrogens (tertiary/aromatic N) is 6. The van der Waals surface area contributed by atoms with Gasteiger partial charge in [0.15, 0.2) is 0 Å². The Morgan fingerprint density at radius 2 is 2.14 bits per heavy atom. The van der Waals surface area contributed by atoms with Gasteiger partial charge in [-0.3, -0.25) is 14.0 Å². The highest BCUT2D eigenvalue weighted by Gasteiger charge is 2.43. The molecular weight excluding hydrogens is 360 g/mol. The number of aryl methyl sites for hydroxylation is 1. The Balaban J connectivity index is 1.53. The second kappa shape index (κ2) is 7.46. The number of piperidine rings is 2. The first kappa shape index (κ1) is 18.8. The first-order valence-corrected chi connectivity index (χ1v) is 9.76. The summed E-state index contributed by atoms with van der Waals surface area (Å²) in [6.45, 7) is 5.02. The van der Waals surface area contributed by atoms with E-state index in [-0.39, 0.29) is 17.2 Å². The molecule has 1 atom stereocenters. The third kappa shape index (κ3) is 3.46. The molecule has 4 rings (SSSR count). The molecule has 2 amide bonds. The van der Waals surface area contributed by atoms with Crippen LogP contribution in [0.2, 0.25) is 0 Å². The first-order chi connectivity index (χ1) is 13.5. The molecule has 9 nitrogen and oxygen atoms in total.